The number of amides is 1. The molecule has 0 aliphatic rings. The number of nitrogens with zero attached hydrogens (tertiary/aromatic N) is 2. The number of nitro groups is 1. The molecule has 0 saturated carbocycles. The second-order valence-corrected chi connectivity index (χ2v) is 5.36. The van der Waals surface area contributed by atoms with Crippen LogP contribution in [-0.4, -0.2) is 15.8 Å². The van der Waals surface area contributed by atoms with Gasteiger partial charge in [-0.05, 0) is 46.9 Å². The van der Waals surface area contributed by atoms with Crippen LogP contribution in [0.2, 0.25) is 5.02 Å². The van der Waals surface area contributed by atoms with Crippen LogP contribution in [0, 0.1) is 13.7 Å². The van der Waals surface area contributed by atoms with Crippen LogP contribution in [0.25, 0.3) is 0 Å². The van der Waals surface area contributed by atoms with Crippen molar-refractivity contribution in [2.24, 2.45) is 0 Å². The summed E-state index contributed by atoms with van der Waals surface area (Å²) in [6.07, 6.45) is 1.57. The van der Waals surface area contributed by atoms with E-state index < -0.39 is 16.5 Å². The summed E-state index contributed by atoms with van der Waals surface area (Å²) in [6.45, 7) is 0. The highest BCUT2D eigenvalue weighted by Gasteiger charge is 2.23. The third kappa shape index (κ3) is 3.23. The van der Waals surface area contributed by atoms with Crippen LogP contribution in [-0.2, 0) is 0 Å². The fourth-order valence-electron chi connectivity index (χ4n) is 1.52. The number of benzene rings is 1. The van der Waals surface area contributed by atoms with E-state index in [-0.39, 0.29) is 10.6 Å². The van der Waals surface area contributed by atoms with Crippen molar-refractivity contribution in [1.29, 1.82) is 0 Å². The molecule has 8 heteroatoms. The Bertz CT molecular complexity index is 676. The minimum Gasteiger partial charge on any atom is -0.306 e. The van der Waals surface area contributed by atoms with Crippen molar-refractivity contribution in [3.63, 3.8) is 0 Å². The molecular weight excluding hydrogens is 397 g/mol. The molecule has 1 aromatic carbocycles. The lowest BCUT2D eigenvalue weighted by Gasteiger charge is -2.06. The number of para-hydroxylation sites is 1. The highest BCUT2D eigenvalue weighted by molar-refractivity contribution is 14.1. The van der Waals surface area contributed by atoms with Crippen molar-refractivity contribution in [3.8, 4) is 0 Å². The predicted octanol–water partition coefficient (Wildman–Crippen LogP) is 3.50. The molecule has 0 aliphatic heterocycles. The second-order valence-electron chi connectivity index (χ2n) is 3.71. The molecule has 6 nitrogen and oxygen atoms in total. The van der Waals surface area contributed by atoms with Gasteiger partial charge in [-0.2, -0.15) is 0 Å². The van der Waals surface area contributed by atoms with Gasteiger partial charge in [-0.25, -0.2) is 4.98 Å². The lowest BCUT2D eigenvalue weighted by Crippen LogP contribution is -2.15. The molecule has 102 valence electrons. The Morgan fingerprint density at radius 3 is 2.70 bits per heavy atom. The Hall–Kier alpha value is -1.74. The molecule has 1 aromatic heterocycles. The van der Waals surface area contributed by atoms with Crippen LogP contribution in [0.5, 0.6) is 0 Å². The topological polar surface area (TPSA) is 85.1 Å². The minimum atomic E-state index is -0.682. The number of aromatic nitrogens is 1. The summed E-state index contributed by atoms with van der Waals surface area (Å²) in [5.41, 5.74) is -0.528. The first-order valence-corrected chi connectivity index (χ1v) is 6.80. The van der Waals surface area contributed by atoms with Crippen LogP contribution in [0.15, 0.2) is 36.5 Å². The molecule has 0 aliphatic carbocycles. The lowest BCUT2D eigenvalue weighted by atomic mass is 10.1. The Labute approximate surface area is 132 Å². The average molecular weight is 404 g/mol. The average Bonchev–Trinajstić information content (AvgIpc) is 2.40. The monoisotopic (exact) mass is 403 g/mol. The maximum absolute atomic E-state index is 12.1. The summed E-state index contributed by atoms with van der Waals surface area (Å²) in [5.74, 6) is -0.322. The first-order valence-electron chi connectivity index (χ1n) is 5.35. The molecule has 0 spiro atoms. The zero-order valence-corrected chi connectivity index (χ0v) is 12.8. The summed E-state index contributed by atoms with van der Waals surface area (Å²) >= 11 is 7.83. The second kappa shape index (κ2) is 6.14. The van der Waals surface area contributed by atoms with Crippen molar-refractivity contribution in [2.45, 2.75) is 0 Å². The summed E-state index contributed by atoms with van der Waals surface area (Å²) < 4.78 is 0.911. The van der Waals surface area contributed by atoms with E-state index in [1.807, 2.05) is 0 Å². The SMILES string of the molecule is O=C(Nc1ccc(I)cn1)c1cccc(Cl)c1[N+](=O)[O-]. The van der Waals surface area contributed by atoms with Gasteiger partial charge in [-0.1, -0.05) is 17.7 Å². The Morgan fingerprint density at radius 2 is 2.10 bits per heavy atom. The molecule has 0 radical (unpaired) electrons. The molecule has 0 saturated heterocycles. The smallest absolute Gasteiger partial charge is 0.300 e. The number of hydrogen-bond donors (Lipinski definition) is 1. The van der Waals surface area contributed by atoms with E-state index in [4.69, 9.17) is 11.6 Å². The third-order valence-electron chi connectivity index (χ3n) is 2.38. The van der Waals surface area contributed by atoms with Gasteiger partial charge in [0.2, 0.25) is 0 Å². The molecule has 0 unspecified atom stereocenters. The molecule has 1 N–H and O–H groups in total. The van der Waals surface area contributed by atoms with Crippen LogP contribution < -0.4 is 5.32 Å². The fourth-order valence-corrected chi connectivity index (χ4v) is 2.08. The van der Waals surface area contributed by atoms with E-state index in [9.17, 15) is 14.9 Å². The van der Waals surface area contributed by atoms with Crippen molar-refractivity contribution < 1.29 is 9.72 Å². The van der Waals surface area contributed by atoms with Crippen LogP contribution >= 0.6 is 34.2 Å². The van der Waals surface area contributed by atoms with E-state index in [1.165, 1.54) is 18.2 Å². The van der Waals surface area contributed by atoms with E-state index in [0.717, 1.165) is 3.57 Å². The Kier molecular flexibility index (Phi) is 4.50. The standard InChI is InChI=1S/C12H7ClIN3O3/c13-9-3-1-2-8(11(9)17(19)20)12(18)16-10-5-4-7(14)6-15-10/h1-6H,(H,15,16,18). The number of carbonyl (C=O) groups is 1. The molecule has 0 atom stereocenters. The largest absolute Gasteiger partial charge is 0.306 e. The number of halogens is 2. The lowest BCUT2D eigenvalue weighted by molar-refractivity contribution is -0.385. The number of pyridine rings is 1. The zero-order valence-electron chi connectivity index (χ0n) is 9.84. The van der Waals surface area contributed by atoms with Crippen molar-refractivity contribution >= 4 is 51.6 Å². The normalized spacial score (nSPS) is 10.1. The third-order valence-corrected chi connectivity index (χ3v) is 3.33. The summed E-state index contributed by atoms with van der Waals surface area (Å²) in [5, 5.41) is 13.4. The van der Waals surface area contributed by atoms with Crippen LogP contribution in [0.1, 0.15) is 10.4 Å². The van der Waals surface area contributed by atoms with Gasteiger partial charge in [-0.15, -0.1) is 0 Å². The first kappa shape index (κ1) is 14.7. The highest BCUT2D eigenvalue weighted by Crippen LogP contribution is 2.28. The Morgan fingerprint density at radius 1 is 1.35 bits per heavy atom. The number of hydrogen-bond acceptors (Lipinski definition) is 4. The summed E-state index contributed by atoms with van der Waals surface area (Å²) in [4.78, 5) is 26.3. The van der Waals surface area contributed by atoms with Gasteiger partial charge in [0, 0.05) is 9.77 Å². The molecule has 2 aromatic rings. The molecule has 0 bridgehead atoms. The van der Waals surface area contributed by atoms with Crippen molar-refractivity contribution in [3.05, 3.63) is 60.8 Å². The van der Waals surface area contributed by atoms with Gasteiger partial charge < -0.3 is 5.32 Å². The molecule has 20 heavy (non-hydrogen) atoms. The van der Waals surface area contributed by atoms with Gasteiger partial charge in [0.25, 0.3) is 5.91 Å². The molecule has 2 rings (SSSR count). The van der Waals surface area contributed by atoms with Gasteiger partial charge in [-0.3, -0.25) is 14.9 Å². The van der Waals surface area contributed by atoms with Gasteiger partial charge in [0.15, 0.2) is 0 Å². The predicted molar refractivity (Wildman–Crippen MR) is 83.0 cm³/mol. The molecule has 1 heterocycles. The number of carbonyl (C=O) groups excluding carboxylic acids is 1. The number of anilines is 1. The molecule has 0 fully saturated rings. The van der Waals surface area contributed by atoms with Gasteiger partial charge in [0.05, 0.1) is 4.92 Å². The highest BCUT2D eigenvalue weighted by atomic mass is 127. The zero-order chi connectivity index (χ0) is 14.7. The molecule has 1 amide bonds. The van der Waals surface area contributed by atoms with Gasteiger partial charge in [0.1, 0.15) is 16.4 Å². The summed E-state index contributed by atoms with van der Waals surface area (Å²) in [7, 11) is 0. The van der Waals surface area contributed by atoms with Crippen LogP contribution in [0.3, 0.4) is 0 Å². The number of nitrogens with one attached hydrogen (secondary N) is 1. The fraction of sp³-hybridized carbons (Fsp3) is 0. The van der Waals surface area contributed by atoms with Gasteiger partial charge >= 0.3 is 5.69 Å². The van der Waals surface area contributed by atoms with Crippen molar-refractivity contribution in [1.82, 2.24) is 4.98 Å². The quantitative estimate of drug-likeness (QED) is 0.483. The molecular formula is C12H7ClIN3O3. The van der Waals surface area contributed by atoms with E-state index in [1.54, 1.807) is 18.3 Å². The van der Waals surface area contributed by atoms with Crippen molar-refractivity contribution in [2.75, 3.05) is 5.32 Å². The Balaban J connectivity index is 2.32. The minimum absolute atomic E-state index is 0.0850. The van der Waals surface area contributed by atoms with E-state index >= 15 is 0 Å². The van der Waals surface area contributed by atoms with Crippen LogP contribution in [0.4, 0.5) is 11.5 Å². The summed E-state index contributed by atoms with van der Waals surface area (Å²) in [6, 6.07) is 7.54. The van der Waals surface area contributed by atoms with E-state index in [0.29, 0.717) is 5.82 Å². The number of nitro benzene ring substituents is 1. The van der Waals surface area contributed by atoms with E-state index in [2.05, 4.69) is 32.9 Å². The maximum Gasteiger partial charge on any atom is 0.300 e. The maximum atomic E-state index is 12.1. The number of rotatable bonds is 3. The first-order chi connectivity index (χ1) is 9.49.